The fraction of sp³-hybridized carbons (Fsp3) is 0.263. The molecule has 0 N–H and O–H groups in total. The van der Waals surface area contributed by atoms with Crippen molar-refractivity contribution < 1.29 is 4.74 Å². The fourth-order valence-corrected chi connectivity index (χ4v) is 4.20. The molecule has 0 atom stereocenters. The molecule has 22 heavy (non-hydrogen) atoms. The largest absolute Gasteiger partial charge is 0.488 e. The van der Waals surface area contributed by atoms with Crippen LogP contribution in [0.15, 0.2) is 48.5 Å². The Kier molecular flexibility index (Phi) is 4.11. The van der Waals surface area contributed by atoms with E-state index in [1.54, 1.807) is 0 Å². The van der Waals surface area contributed by atoms with Crippen LogP contribution < -0.4 is 4.74 Å². The van der Waals surface area contributed by atoms with E-state index in [0.29, 0.717) is 0 Å². The van der Waals surface area contributed by atoms with Gasteiger partial charge in [0.15, 0.2) is 0 Å². The molecule has 1 nitrogen and oxygen atoms in total. The Morgan fingerprint density at radius 2 is 1.32 bits per heavy atom. The monoisotopic (exact) mass is 328 g/mol. The number of aryl methyl sites for hydroxylation is 1. The highest BCUT2D eigenvalue weighted by atomic mass is 32.1. The predicted molar refractivity (Wildman–Crippen MR) is 98.2 cm³/mol. The van der Waals surface area contributed by atoms with Gasteiger partial charge in [0.1, 0.15) is 11.4 Å². The summed E-state index contributed by atoms with van der Waals surface area (Å²) < 4.78 is 5.87. The van der Waals surface area contributed by atoms with Crippen molar-refractivity contribution in [2.45, 2.75) is 33.3 Å². The Labute approximate surface area is 140 Å². The summed E-state index contributed by atoms with van der Waals surface area (Å²) in [6, 6.07) is 17.2. The molecule has 0 saturated heterocycles. The number of thiophene rings is 2. The highest BCUT2D eigenvalue weighted by Crippen LogP contribution is 2.38. The summed E-state index contributed by atoms with van der Waals surface area (Å²) in [6.45, 7) is 8.34. The highest BCUT2D eigenvalue weighted by Gasteiger charge is 2.12. The maximum Gasteiger partial charge on any atom is 0.120 e. The second kappa shape index (κ2) is 5.90. The minimum atomic E-state index is -0.158. The van der Waals surface area contributed by atoms with Crippen molar-refractivity contribution in [2.75, 3.05) is 0 Å². The summed E-state index contributed by atoms with van der Waals surface area (Å²) >= 11 is 3.69. The Balaban J connectivity index is 1.81. The average molecular weight is 329 g/mol. The number of benzene rings is 1. The summed E-state index contributed by atoms with van der Waals surface area (Å²) in [5.41, 5.74) is 1.08. The van der Waals surface area contributed by atoms with E-state index in [0.717, 1.165) is 5.75 Å². The molecular weight excluding hydrogens is 308 g/mol. The molecular formula is C19H20OS2. The van der Waals surface area contributed by atoms with E-state index in [-0.39, 0.29) is 5.60 Å². The molecule has 0 aliphatic heterocycles. The van der Waals surface area contributed by atoms with Gasteiger partial charge in [-0.2, -0.15) is 0 Å². The first-order chi connectivity index (χ1) is 10.4. The lowest BCUT2D eigenvalue weighted by molar-refractivity contribution is 0.131. The van der Waals surface area contributed by atoms with Crippen LogP contribution in [0.4, 0.5) is 0 Å². The number of rotatable bonds is 3. The fourth-order valence-electron chi connectivity index (χ4n) is 2.23. The van der Waals surface area contributed by atoms with E-state index in [1.807, 2.05) is 22.7 Å². The van der Waals surface area contributed by atoms with Crippen LogP contribution in [0.25, 0.3) is 20.2 Å². The molecule has 114 valence electrons. The van der Waals surface area contributed by atoms with Crippen molar-refractivity contribution in [3.05, 3.63) is 53.4 Å². The first kappa shape index (κ1) is 15.3. The second-order valence-corrected chi connectivity index (χ2v) is 8.68. The lowest BCUT2D eigenvalue weighted by atomic mass is 10.1. The van der Waals surface area contributed by atoms with Gasteiger partial charge in [0.25, 0.3) is 0 Å². The van der Waals surface area contributed by atoms with Gasteiger partial charge in [-0.05, 0) is 81.8 Å². The van der Waals surface area contributed by atoms with Crippen molar-refractivity contribution in [1.29, 1.82) is 0 Å². The van der Waals surface area contributed by atoms with Crippen molar-refractivity contribution in [2.24, 2.45) is 0 Å². The summed E-state index contributed by atoms with van der Waals surface area (Å²) in [5.74, 6) is 0.918. The van der Waals surface area contributed by atoms with E-state index in [2.05, 4.69) is 76.2 Å². The third kappa shape index (κ3) is 3.60. The van der Waals surface area contributed by atoms with Crippen LogP contribution in [-0.2, 0) is 0 Å². The molecule has 3 rings (SSSR count). The van der Waals surface area contributed by atoms with Crippen molar-refractivity contribution in [1.82, 2.24) is 0 Å². The van der Waals surface area contributed by atoms with Gasteiger partial charge >= 0.3 is 0 Å². The molecule has 0 fully saturated rings. The van der Waals surface area contributed by atoms with Gasteiger partial charge in [-0.1, -0.05) is 0 Å². The van der Waals surface area contributed by atoms with Gasteiger partial charge in [0, 0.05) is 19.5 Å². The molecule has 0 amide bonds. The van der Waals surface area contributed by atoms with E-state index in [1.165, 1.54) is 25.1 Å². The molecule has 0 bridgehead atoms. The van der Waals surface area contributed by atoms with E-state index in [9.17, 15) is 0 Å². The summed E-state index contributed by atoms with van der Waals surface area (Å²) in [4.78, 5) is 5.33. The van der Waals surface area contributed by atoms with Crippen LogP contribution >= 0.6 is 22.7 Å². The lowest BCUT2D eigenvalue weighted by Crippen LogP contribution is -2.22. The Bertz CT molecular complexity index is 757. The van der Waals surface area contributed by atoms with Crippen LogP contribution in [0, 0.1) is 6.92 Å². The zero-order valence-electron chi connectivity index (χ0n) is 13.3. The van der Waals surface area contributed by atoms with Gasteiger partial charge in [-0.25, -0.2) is 0 Å². The first-order valence-corrected chi connectivity index (χ1v) is 9.00. The molecule has 0 unspecified atom stereocenters. The zero-order chi connectivity index (χ0) is 15.7. The lowest BCUT2D eigenvalue weighted by Gasteiger charge is -2.21. The maximum absolute atomic E-state index is 5.87. The van der Waals surface area contributed by atoms with Crippen molar-refractivity contribution in [3.63, 3.8) is 0 Å². The Hall–Kier alpha value is -1.58. The van der Waals surface area contributed by atoms with E-state index >= 15 is 0 Å². The summed E-state index contributed by atoms with van der Waals surface area (Å²) in [6.07, 6.45) is 0. The van der Waals surface area contributed by atoms with Crippen LogP contribution in [0.3, 0.4) is 0 Å². The van der Waals surface area contributed by atoms with Gasteiger partial charge in [-0.3, -0.25) is 0 Å². The van der Waals surface area contributed by atoms with Crippen LogP contribution in [0.5, 0.6) is 5.75 Å². The molecule has 0 radical (unpaired) electrons. The third-order valence-corrected chi connectivity index (χ3v) is 5.48. The molecule has 0 aliphatic carbocycles. The van der Waals surface area contributed by atoms with Gasteiger partial charge in [0.2, 0.25) is 0 Å². The van der Waals surface area contributed by atoms with Gasteiger partial charge in [0.05, 0.1) is 0 Å². The first-order valence-electron chi connectivity index (χ1n) is 7.37. The molecule has 2 heterocycles. The van der Waals surface area contributed by atoms with Gasteiger partial charge < -0.3 is 4.74 Å². The molecule has 0 spiro atoms. The zero-order valence-corrected chi connectivity index (χ0v) is 15.0. The summed E-state index contributed by atoms with van der Waals surface area (Å²) in [7, 11) is 0. The molecule has 1 aromatic carbocycles. The number of ether oxygens (including phenoxy) is 1. The SMILES string of the molecule is Cc1ccc(-c2ccc(-c3ccc(OC(C)(C)C)cc3)s2)s1. The Morgan fingerprint density at radius 3 is 1.91 bits per heavy atom. The minimum Gasteiger partial charge on any atom is -0.488 e. The average Bonchev–Trinajstić information content (AvgIpc) is 3.06. The third-order valence-electron chi connectivity index (χ3n) is 3.15. The molecule has 2 aromatic heterocycles. The van der Waals surface area contributed by atoms with Crippen LogP contribution in [0.1, 0.15) is 25.6 Å². The molecule has 3 aromatic rings. The normalized spacial score (nSPS) is 11.6. The topological polar surface area (TPSA) is 9.23 Å². The van der Waals surface area contributed by atoms with Crippen LogP contribution in [-0.4, -0.2) is 5.60 Å². The van der Waals surface area contributed by atoms with Crippen molar-refractivity contribution in [3.8, 4) is 25.9 Å². The Morgan fingerprint density at radius 1 is 0.727 bits per heavy atom. The standard InChI is InChI=1S/C19H20OS2/c1-13-5-10-17(21-13)18-12-11-16(22-18)14-6-8-15(9-7-14)20-19(2,3)4/h5-12H,1-4H3. The van der Waals surface area contributed by atoms with Gasteiger partial charge in [-0.15, -0.1) is 22.7 Å². The van der Waals surface area contributed by atoms with E-state index in [4.69, 9.17) is 4.74 Å². The minimum absolute atomic E-state index is 0.158. The predicted octanol–water partition coefficient (Wildman–Crippen LogP) is 6.63. The van der Waals surface area contributed by atoms with E-state index < -0.39 is 0 Å². The van der Waals surface area contributed by atoms with Crippen LogP contribution in [0.2, 0.25) is 0 Å². The highest BCUT2D eigenvalue weighted by molar-refractivity contribution is 7.23. The number of hydrogen-bond donors (Lipinski definition) is 0. The molecule has 3 heteroatoms. The van der Waals surface area contributed by atoms with Crippen molar-refractivity contribution >= 4 is 22.7 Å². The smallest absolute Gasteiger partial charge is 0.120 e. The molecule has 0 aliphatic rings. The second-order valence-electron chi connectivity index (χ2n) is 6.31. The summed E-state index contributed by atoms with van der Waals surface area (Å²) in [5, 5.41) is 0. The quantitative estimate of drug-likeness (QED) is 0.524. The maximum atomic E-state index is 5.87. The molecule has 0 saturated carbocycles. The number of hydrogen-bond acceptors (Lipinski definition) is 3.